The van der Waals surface area contributed by atoms with Crippen molar-refractivity contribution >= 4 is 5.95 Å². The highest BCUT2D eigenvalue weighted by Crippen LogP contribution is 2.13. The number of anilines is 1. The third-order valence-electron chi connectivity index (χ3n) is 3.27. The first-order chi connectivity index (χ1) is 9.19. The third kappa shape index (κ3) is 4.18. The average Bonchev–Trinajstić information content (AvgIpc) is 2.82. The van der Waals surface area contributed by atoms with Crippen molar-refractivity contribution in [2.75, 3.05) is 31.2 Å². The second kappa shape index (κ2) is 6.86. The van der Waals surface area contributed by atoms with Gasteiger partial charge in [-0.05, 0) is 27.2 Å². The highest BCUT2D eigenvalue weighted by atomic mass is 16.5. The van der Waals surface area contributed by atoms with Crippen molar-refractivity contribution < 1.29 is 4.74 Å². The highest BCUT2D eigenvalue weighted by molar-refractivity contribution is 5.30. The maximum atomic E-state index is 5.33. The van der Waals surface area contributed by atoms with E-state index in [1.54, 1.807) is 0 Å². The van der Waals surface area contributed by atoms with E-state index in [-0.39, 0.29) is 0 Å². The van der Waals surface area contributed by atoms with Crippen LogP contribution in [0.2, 0.25) is 0 Å². The Morgan fingerprint density at radius 2 is 2.05 bits per heavy atom. The van der Waals surface area contributed by atoms with E-state index in [1.165, 1.54) is 0 Å². The molecule has 0 bridgehead atoms. The molecule has 2 rings (SSSR count). The smallest absolute Gasteiger partial charge is 0.244 e. The van der Waals surface area contributed by atoms with Gasteiger partial charge in [0, 0.05) is 44.8 Å². The summed E-state index contributed by atoms with van der Waals surface area (Å²) in [6.45, 7) is 9.88. The van der Waals surface area contributed by atoms with Crippen LogP contribution in [0.3, 0.4) is 0 Å². The van der Waals surface area contributed by atoms with E-state index in [9.17, 15) is 0 Å². The molecule has 6 nitrogen and oxygen atoms in total. The summed E-state index contributed by atoms with van der Waals surface area (Å²) in [7, 11) is 0. The summed E-state index contributed by atoms with van der Waals surface area (Å²) in [6.07, 6.45) is 1.88. The van der Waals surface area contributed by atoms with Crippen molar-refractivity contribution in [1.82, 2.24) is 20.5 Å². The van der Waals surface area contributed by atoms with Crippen molar-refractivity contribution in [3.8, 4) is 0 Å². The van der Waals surface area contributed by atoms with Gasteiger partial charge in [-0.1, -0.05) is 0 Å². The van der Waals surface area contributed by atoms with Crippen LogP contribution in [0.15, 0.2) is 0 Å². The molecule has 0 saturated carbocycles. The minimum Gasteiger partial charge on any atom is -0.382 e. The zero-order chi connectivity index (χ0) is 13.7. The minimum atomic E-state index is 0.476. The summed E-state index contributed by atoms with van der Waals surface area (Å²) in [6, 6.07) is 0.951. The summed E-state index contributed by atoms with van der Waals surface area (Å²) >= 11 is 0. The Bertz CT molecular complexity index is 371. The Kier molecular flexibility index (Phi) is 5.15. The zero-order valence-electron chi connectivity index (χ0n) is 12.1. The molecule has 1 aliphatic heterocycles. The molecule has 1 aromatic rings. The first-order valence-electron chi connectivity index (χ1n) is 7.19. The van der Waals surface area contributed by atoms with E-state index >= 15 is 0 Å². The van der Waals surface area contributed by atoms with Gasteiger partial charge >= 0.3 is 0 Å². The van der Waals surface area contributed by atoms with Gasteiger partial charge in [-0.25, -0.2) is 0 Å². The minimum absolute atomic E-state index is 0.476. The van der Waals surface area contributed by atoms with E-state index in [0.29, 0.717) is 12.1 Å². The number of piperazine rings is 1. The molecule has 19 heavy (non-hydrogen) atoms. The molecule has 1 fully saturated rings. The van der Waals surface area contributed by atoms with Gasteiger partial charge < -0.3 is 15.0 Å². The number of rotatable bonds is 6. The van der Waals surface area contributed by atoms with Crippen LogP contribution in [0.25, 0.3) is 0 Å². The molecular formula is C13H25N5O. The fourth-order valence-electron chi connectivity index (χ4n) is 2.51. The van der Waals surface area contributed by atoms with Crippen LogP contribution in [0, 0.1) is 0 Å². The molecule has 1 saturated heterocycles. The predicted molar refractivity (Wildman–Crippen MR) is 75.5 cm³/mol. The number of ether oxygens (including phenoxy) is 1. The van der Waals surface area contributed by atoms with Crippen LogP contribution in [0.4, 0.5) is 5.95 Å². The lowest BCUT2D eigenvalue weighted by Gasteiger charge is -2.35. The Labute approximate surface area is 114 Å². The highest BCUT2D eigenvalue weighted by Gasteiger charge is 2.23. The number of aromatic amines is 1. The molecule has 0 aliphatic carbocycles. The van der Waals surface area contributed by atoms with E-state index in [2.05, 4.69) is 39.2 Å². The monoisotopic (exact) mass is 267 g/mol. The fourth-order valence-corrected chi connectivity index (χ4v) is 2.51. The molecule has 1 aromatic heterocycles. The summed E-state index contributed by atoms with van der Waals surface area (Å²) in [5.74, 6) is 1.78. The number of aryl methyl sites for hydroxylation is 1. The molecule has 2 N–H and O–H groups in total. The topological polar surface area (TPSA) is 66.1 Å². The van der Waals surface area contributed by atoms with Gasteiger partial charge in [-0.3, -0.25) is 5.10 Å². The van der Waals surface area contributed by atoms with E-state index < -0.39 is 0 Å². The Hall–Kier alpha value is -1.14. The number of H-pyrrole nitrogens is 1. The standard InChI is InChI=1S/C13H25N5O/c1-4-19-7-5-6-12-15-13(17-16-12)18-8-10(2)14-11(3)9-18/h10-11,14H,4-9H2,1-3H3,(H,15,16,17). The number of aromatic nitrogens is 3. The average molecular weight is 267 g/mol. The molecule has 0 aromatic carbocycles. The largest absolute Gasteiger partial charge is 0.382 e. The number of hydrogen-bond acceptors (Lipinski definition) is 5. The van der Waals surface area contributed by atoms with Gasteiger partial charge in [0.15, 0.2) is 0 Å². The van der Waals surface area contributed by atoms with Gasteiger partial charge in [-0.2, -0.15) is 4.98 Å². The maximum absolute atomic E-state index is 5.33. The fraction of sp³-hybridized carbons (Fsp3) is 0.846. The van der Waals surface area contributed by atoms with Crippen LogP contribution >= 0.6 is 0 Å². The molecule has 108 valence electrons. The summed E-state index contributed by atoms with van der Waals surface area (Å²) < 4.78 is 5.33. The molecule has 0 radical (unpaired) electrons. The first-order valence-corrected chi connectivity index (χ1v) is 7.19. The van der Waals surface area contributed by atoms with Crippen LogP contribution in [-0.4, -0.2) is 53.6 Å². The number of nitrogens with zero attached hydrogens (tertiary/aromatic N) is 3. The van der Waals surface area contributed by atoms with Gasteiger partial charge in [0.2, 0.25) is 5.95 Å². The molecule has 2 atom stereocenters. The second-order valence-electron chi connectivity index (χ2n) is 5.26. The molecule has 2 heterocycles. The molecule has 2 unspecified atom stereocenters. The summed E-state index contributed by atoms with van der Waals surface area (Å²) in [5.41, 5.74) is 0. The van der Waals surface area contributed by atoms with Crippen LogP contribution < -0.4 is 10.2 Å². The predicted octanol–water partition coefficient (Wildman–Crippen LogP) is 0.960. The van der Waals surface area contributed by atoms with E-state index in [4.69, 9.17) is 4.74 Å². The SMILES string of the molecule is CCOCCCc1nc(N2CC(C)NC(C)C2)n[nH]1. The van der Waals surface area contributed by atoms with Crippen LogP contribution in [0.1, 0.15) is 33.0 Å². The van der Waals surface area contributed by atoms with E-state index in [0.717, 1.165) is 50.9 Å². The van der Waals surface area contributed by atoms with Gasteiger partial charge in [0.25, 0.3) is 0 Å². The third-order valence-corrected chi connectivity index (χ3v) is 3.27. The van der Waals surface area contributed by atoms with Crippen molar-refractivity contribution in [3.63, 3.8) is 0 Å². The zero-order valence-corrected chi connectivity index (χ0v) is 12.1. The summed E-state index contributed by atoms with van der Waals surface area (Å²) in [4.78, 5) is 6.82. The molecule has 6 heteroatoms. The van der Waals surface area contributed by atoms with Gasteiger partial charge in [-0.15, -0.1) is 5.10 Å². The van der Waals surface area contributed by atoms with Crippen molar-refractivity contribution in [3.05, 3.63) is 5.82 Å². The van der Waals surface area contributed by atoms with E-state index in [1.807, 2.05) is 6.92 Å². The lowest BCUT2D eigenvalue weighted by atomic mass is 10.1. The maximum Gasteiger partial charge on any atom is 0.244 e. The normalized spacial score (nSPS) is 23.8. The lowest BCUT2D eigenvalue weighted by Crippen LogP contribution is -2.54. The Balaban J connectivity index is 1.85. The first kappa shape index (κ1) is 14.3. The number of nitrogens with one attached hydrogen (secondary N) is 2. The molecule has 1 aliphatic rings. The molecular weight excluding hydrogens is 242 g/mol. The van der Waals surface area contributed by atoms with Crippen molar-refractivity contribution in [2.45, 2.75) is 45.7 Å². The quantitative estimate of drug-likeness (QED) is 0.752. The van der Waals surface area contributed by atoms with Gasteiger partial charge in [0.05, 0.1) is 0 Å². The summed E-state index contributed by atoms with van der Waals surface area (Å²) in [5, 5.41) is 10.9. The van der Waals surface area contributed by atoms with Gasteiger partial charge in [0.1, 0.15) is 5.82 Å². The Morgan fingerprint density at radius 1 is 1.32 bits per heavy atom. The lowest BCUT2D eigenvalue weighted by molar-refractivity contribution is 0.145. The second-order valence-corrected chi connectivity index (χ2v) is 5.26. The van der Waals surface area contributed by atoms with Crippen molar-refractivity contribution in [2.24, 2.45) is 0 Å². The van der Waals surface area contributed by atoms with Crippen LogP contribution in [-0.2, 0) is 11.2 Å². The Morgan fingerprint density at radius 3 is 2.74 bits per heavy atom. The molecule has 0 spiro atoms. The van der Waals surface area contributed by atoms with Crippen molar-refractivity contribution in [1.29, 1.82) is 0 Å². The molecule has 0 amide bonds. The van der Waals surface area contributed by atoms with Crippen LogP contribution in [0.5, 0.6) is 0 Å². The number of hydrogen-bond donors (Lipinski definition) is 2.